The van der Waals surface area contributed by atoms with E-state index in [0.717, 1.165) is 19.3 Å². The standard InChI is InChI=1S/C18H25N3O3/c19-6-12-1-11-2-13(11)21(12)15(22)14(20)16-3-10-4-17(23,7-16)9-18(24,5-10)8-16/h10-14,23-24H,1-5,7-9,20H2/t10?,11-,12+,13+,14+,16?,17-,18+/m1/s1. The first kappa shape index (κ1) is 15.1. The quantitative estimate of drug-likeness (QED) is 0.673. The zero-order valence-electron chi connectivity index (χ0n) is 13.8. The first-order valence-electron chi connectivity index (χ1n) is 9.19. The molecule has 1 heterocycles. The van der Waals surface area contributed by atoms with Gasteiger partial charge in [0.1, 0.15) is 6.04 Å². The summed E-state index contributed by atoms with van der Waals surface area (Å²) in [5.74, 6) is 0.574. The van der Waals surface area contributed by atoms with Crippen LogP contribution < -0.4 is 5.73 Å². The first-order valence-corrected chi connectivity index (χ1v) is 9.19. The number of carbonyl (C=O) groups excluding carboxylic acids is 1. The van der Waals surface area contributed by atoms with E-state index in [9.17, 15) is 20.3 Å². The molecule has 24 heavy (non-hydrogen) atoms. The van der Waals surface area contributed by atoms with Crippen molar-refractivity contribution in [2.24, 2.45) is 23.0 Å². The third kappa shape index (κ3) is 1.89. The Morgan fingerprint density at radius 1 is 1.17 bits per heavy atom. The minimum atomic E-state index is -0.881. The van der Waals surface area contributed by atoms with Crippen LogP contribution in [0.4, 0.5) is 0 Å². The highest BCUT2D eigenvalue weighted by atomic mass is 16.3. The lowest BCUT2D eigenvalue weighted by molar-refractivity contribution is -0.234. The summed E-state index contributed by atoms with van der Waals surface area (Å²) in [6.45, 7) is 0. The van der Waals surface area contributed by atoms with Gasteiger partial charge in [0.25, 0.3) is 0 Å². The molecule has 0 radical (unpaired) electrons. The van der Waals surface area contributed by atoms with E-state index in [2.05, 4.69) is 6.07 Å². The number of likely N-dealkylation sites (tertiary alicyclic amines) is 1. The van der Waals surface area contributed by atoms with Crippen molar-refractivity contribution >= 4 is 5.91 Å². The molecule has 0 aromatic rings. The first-order chi connectivity index (χ1) is 11.3. The number of amides is 1. The fourth-order valence-corrected chi connectivity index (χ4v) is 7.07. The van der Waals surface area contributed by atoms with Crippen molar-refractivity contribution < 1.29 is 15.0 Å². The number of fused-ring (bicyclic) bond motifs is 1. The number of rotatable bonds is 2. The summed E-state index contributed by atoms with van der Waals surface area (Å²) >= 11 is 0. The van der Waals surface area contributed by atoms with Crippen molar-refractivity contribution in [2.45, 2.75) is 80.7 Å². The van der Waals surface area contributed by atoms with E-state index in [1.54, 1.807) is 4.90 Å². The Hall–Kier alpha value is -1.16. The molecule has 1 amide bonds. The number of hydrogen-bond donors (Lipinski definition) is 3. The van der Waals surface area contributed by atoms with Crippen LogP contribution in [0.3, 0.4) is 0 Å². The number of aliphatic hydroxyl groups is 2. The van der Waals surface area contributed by atoms with Crippen molar-refractivity contribution in [3.8, 4) is 6.07 Å². The largest absolute Gasteiger partial charge is 0.390 e. The molecule has 0 aromatic carbocycles. The van der Waals surface area contributed by atoms with E-state index in [1.807, 2.05) is 0 Å². The van der Waals surface area contributed by atoms with Crippen LogP contribution in [0, 0.1) is 28.6 Å². The van der Waals surface area contributed by atoms with Gasteiger partial charge in [-0.05, 0) is 56.8 Å². The van der Waals surface area contributed by atoms with Gasteiger partial charge in [0, 0.05) is 17.9 Å². The molecule has 6 rings (SSSR count). The molecule has 0 aromatic heterocycles. The van der Waals surface area contributed by atoms with Gasteiger partial charge in [-0.3, -0.25) is 4.79 Å². The van der Waals surface area contributed by atoms with E-state index in [0.29, 0.717) is 38.0 Å². The maximum Gasteiger partial charge on any atom is 0.241 e. The van der Waals surface area contributed by atoms with E-state index in [-0.39, 0.29) is 23.9 Å². The lowest BCUT2D eigenvalue weighted by Crippen LogP contribution is -2.69. The second kappa shape index (κ2) is 4.32. The van der Waals surface area contributed by atoms with Crippen LogP contribution in [0.2, 0.25) is 0 Å². The van der Waals surface area contributed by atoms with Crippen molar-refractivity contribution in [1.29, 1.82) is 5.26 Å². The summed E-state index contributed by atoms with van der Waals surface area (Å²) < 4.78 is 0. The zero-order valence-corrected chi connectivity index (χ0v) is 13.8. The molecular formula is C18H25N3O3. The van der Waals surface area contributed by atoms with Gasteiger partial charge in [-0.25, -0.2) is 0 Å². The van der Waals surface area contributed by atoms with Crippen molar-refractivity contribution in [2.75, 3.05) is 0 Å². The van der Waals surface area contributed by atoms with Crippen LogP contribution in [0.5, 0.6) is 0 Å². The number of hydrogen-bond acceptors (Lipinski definition) is 5. The number of nitriles is 1. The van der Waals surface area contributed by atoms with Crippen LogP contribution in [0.25, 0.3) is 0 Å². The third-order valence-electron chi connectivity index (χ3n) is 7.49. The summed E-state index contributed by atoms with van der Waals surface area (Å²) in [7, 11) is 0. The van der Waals surface area contributed by atoms with Crippen molar-refractivity contribution in [1.82, 2.24) is 4.90 Å². The molecule has 4 N–H and O–H groups in total. The summed E-state index contributed by atoms with van der Waals surface area (Å²) in [4.78, 5) is 14.9. The van der Waals surface area contributed by atoms with Crippen molar-refractivity contribution in [3.63, 3.8) is 0 Å². The predicted octanol–water partition coefficient (Wildman–Crippen LogP) is 0.273. The van der Waals surface area contributed by atoms with Crippen LogP contribution >= 0.6 is 0 Å². The van der Waals surface area contributed by atoms with Gasteiger partial charge in [0.2, 0.25) is 5.91 Å². The van der Waals surface area contributed by atoms with Crippen LogP contribution in [-0.4, -0.2) is 50.3 Å². The highest BCUT2D eigenvalue weighted by Crippen LogP contribution is 2.64. The molecule has 8 atom stereocenters. The monoisotopic (exact) mass is 331 g/mol. The average molecular weight is 331 g/mol. The molecule has 0 spiro atoms. The Morgan fingerprint density at radius 3 is 2.42 bits per heavy atom. The Kier molecular flexibility index (Phi) is 2.72. The Labute approximate surface area is 141 Å². The SMILES string of the molecule is N#C[C@@H]1C[C@@H]2C[C@@H]2N1C(=O)[C@H](N)C12CC3C[C@@](O)(C1)C[C@](O)(C3)C2. The van der Waals surface area contributed by atoms with E-state index in [1.165, 1.54) is 0 Å². The molecule has 1 aliphatic heterocycles. The van der Waals surface area contributed by atoms with Crippen LogP contribution in [-0.2, 0) is 4.79 Å². The Balaban J connectivity index is 1.45. The second-order valence-corrected chi connectivity index (χ2v) is 9.49. The fourth-order valence-electron chi connectivity index (χ4n) is 7.07. The molecule has 6 heteroatoms. The molecule has 6 aliphatic rings. The molecule has 2 unspecified atom stereocenters. The number of carbonyl (C=O) groups is 1. The van der Waals surface area contributed by atoms with E-state index < -0.39 is 22.7 Å². The van der Waals surface area contributed by atoms with E-state index in [4.69, 9.17) is 5.73 Å². The van der Waals surface area contributed by atoms with Gasteiger partial charge < -0.3 is 20.8 Å². The number of nitrogens with zero attached hydrogens (tertiary/aromatic N) is 2. The lowest BCUT2D eigenvalue weighted by Gasteiger charge is -2.64. The summed E-state index contributed by atoms with van der Waals surface area (Å²) in [6.07, 6.45) is 5.41. The predicted molar refractivity (Wildman–Crippen MR) is 84.3 cm³/mol. The molecular weight excluding hydrogens is 306 g/mol. The smallest absolute Gasteiger partial charge is 0.241 e. The third-order valence-corrected chi connectivity index (χ3v) is 7.49. The molecule has 5 aliphatic carbocycles. The van der Waals surface area contributed by atoms with Crippen LogP contribution in [0.15, 0.2) is 0 Å². The summed E-state index contributed by atoms with van der Waals surface area (Å²) in [6, 6.07) is 1.36. The molecule has 1 saturated heterocycles. The number of piperidine rings is 1. The normalized spacial score (nSPS) is 55.2. The van der Waals surface area contributed by atoms with Gasteiger partial charge >= 0.3 is 0 Å². The van der Waals surface area contributed by atoms with Crippen molar-refractivity contribution in [3.05, 3.63) is 0 Å². The molecule has 6 nitrogen and oxygen atoms in total. The van der Waals surface area contributed by atoms with Gasteiger partial charge in [0.05, 0.1) is 23.3 Å². The zero-order chi connectivity index (χ0) is 16.9. The van der Waals surface area contributed by atoms with Gasteiger partial charge in [-0.15, -0.1) is 0 Å². The highest BCUT2D eigenvalue weighted by molar-refractivity contribution is 5.84. The maximum atomic E-state index is 13.2. The summed E-state index contributed by atoms with van der Waals surface area (Å²) in [5.41, 5.74) is 4.21. The second-order valence-electron chi connectivity index (χ2n) is 9.49. The number of nitrogens with two attached hydrogens (primary N) is 1. The Morgan fingerprint density at radius 2 is 1.83 bits per heavy atom. The van der Waals surface area contributed by atoms with Gasteiger partial charge in [-0.2, -0.15) is 5.26 Å². The van der Waals surface area contributed by atoms with Gasteiger partial charge in [-0.1, -0.05) is 0 Å². The maximum absolute atomic E-state index is 13.2. The lowest BCUT2D eigenvalue weighted by atomic mass is 9.44. The average Bonchev–Trinajstić information content (AvgIpc) is 3.12. The van der Waals surface area contributed by atoms with Crippen LogP contribution in [0.1, 0.15) is 51.4 Å². The molecule has 130 valence electrons. The van der Waals surface area contributed by atoms with E-state index >= 15 is 0 Å². The minimum absolute atomic E-state index is 0.138. The van der Waals surface area contributed by atoms with Gasteiger partial charge in [0.15, 0.2) is 0 Å². The highest BCUT2D eigenvalue weighted by Gasteiger charge is 2.66. The summed E-state index contributed by atoms with van der Waals surface area (Å²) in [5, 5.41) is 31.1. The molecule has 6 fully saturated rings. The molecule has 5 saturated carbocycles. The minimum Gasteiger partial charge on any atom is -0.390 e. The topological polar surface area (TPSA) is 111 Å². The Bertz CT molecular complexity index is 640. The molecule has 4 bridgehead atoms. The fraction of sp³-hybridized carbons (Fsp3) is 0.889.